The lowest BCUT2D eigenvalue weighted by Gasteiger charge is -2.48. The Bertz CT molecular complexity index is 258. The Morgan fingerprint density at radius 2 is 1.78 bits per heavy atom. The minimum atomic E-state index is -0.102. The van der Waals surface area contributed by atoms with E-state index in [-0.39, 0.29) is 6.10 Å². The lowest BCUT2D eigenvalue weighted by atomic mass is 9.74. The number of likely N-dealkylation sites (tertiary alicyclic amines) is 1. The molecule has 2 fully saturated rings. The van der Waals surface area contributed by atoms with Gasteiger partial charge in [0.1, 0.15) is 0 Å². The van der Waals surface area contributed by atoms with Gasteiger partial charge in [0.15, 0.2) is 0 Å². The zero-order valence-electron chi connectivity index (χ0n) is 12.7. The molecule has 1 N–H and O–H groups in total. The molecule has 1 saturated heterocycles. The van der Waals surface area contributed by atoms with E-state index >= 15 is 0 Å². The van der Waals surface area contributed by atoms with E-state index in [4.69, 9.17) is 0 Å². The fraction of sp³-hybridized carbons (Fsp3) is 1.00. The molecule has 0 aromatic heterocycles. The molecule has 4 unspecified atom stereocenters. The third-order valence-electron chi connectivity index (χ3n) is 5.68. The second kappa shape index (κ2) is 5.50. The Labute approximate surface area is 113 Å². The molecule has 2 rings (SSSR count). The van der Waals surface area contributed by atoms with Crippen LogP contribution in [-0.4, -0.2) is 35.2 Å². The summed E-state index contributed by atoms with van der Waals surface area (Å²) in [6.07, 6.45) is 6.07. The number of piperidine rings is 1. The van der Waals surface area contributed by atoms with E-state index in [0.29, 0.717) is 23.3 Å². The minimum Gasteiger partial charge on any atom is -0.391 e. The van der Waals surface area contributed by atoms with Crippen molar-refractivity contribution in [3.05, 3.63) is 0 Å². The summed E-state index contributed by atoms with van der Waals surface area (Å²) >= 11 is 0. The molecule has 0 aromatic rings. The fourth-order valence-electron chi connectivity index (χ4n) is 4.12. The van der Waals surface area contributed by atoms with Gasteiger partial charge in [-0.1, -0.05) is 34.1 Å². The molecule has 1 aliphatic heterocycles. The molecule has 4 atom stereocenters. The molecule has 1 aliphatic carbocycles. The molecule has 0 bridgehead atoms. The summed E-state index contributed by atoms with van der Waals surface area (Å²) in [6, 6.07) is 0.419. The van der Waals surface area contributed by atoms with Crippen LogP contribution < -0.4 is 0 Å². The van der Waals surface area contributed by atoms with Crippen molar-refractivity contribution >= 4 is 0 Å². The highest BCUT2D eigenvalue weighted by Gasteiger charge is 2.39. The average molecular weight is 253 g/mol. The van der Waals surface area contributed by atoms with Crippen LogP contribution in [0.1, 0.15) is 59.8 Å². The van der Waals surface area contributed by atoms with Crippen molar-refractivity contribution in [3.63, 3.8) is 0 Å². The molecule has 0 radical (unpaired) electrons. The number of aliphatic hydroxyl groups excluding tert-OH is 1. The van der Waals surface area contributed by atoms with Gasteiger partial charge in [0.2, 0.25) is 0 Å². The van der Waals surface area contributed by atoms with Gasteiger partial charge < -0.3 is 5.11 Å². The van der Waals surface area contributed by atoms with Crippen molar-refractivity contribution < 1.29 is 5.11 Å². The minimum absolute atomic E-state index is 0.102. The highest BCUT2D eigenvalue weighted by molar-refractivity contribution is 4.93. The normalized spacial score (nSPS) is 41.8. The lowest BCUT2D eigenvalue weighted by Crippen LogP contribution is -2.54. The maximum atomic E-state index is 10.4. The van der Waals surface area contributed by atoms with Crippen molar-refractivity contribution in [2.45, 2.75) is 71.9 Å². The standard InChI is InChI=1S/C16H31NO/c1-5-16(4)6-8-17(9-7-16)15-13(3)10-12(2)11-14(15)18/h12-15,18H,5-11H2,1-4H3. The second-order valence-electron chi connectivity index (χ2n) is 7.31. The second-order valence-corrected chi connectivity index (χ2v) is 7.31. The number of nitrogens with zero attached hydrogens (tertiary/aromatic N) is 1. The van der Waals surface area contributed by atoms with Crippen LogP contribution in [0.25, 0.3) is 0 Å². The average Bonchev–Trinajstić information content (AvgIpc) is 2.30. The van der Waals surface area contributed by atoms with Crippen LogP contribution in [0, 0.1) is 17.3 Å². The molecule has 1 heterocycles. The van der Waals surface area contributed by atoms with E-state index in [2.05, 4.69) is 32.6 Å². The Kier molecular flexibility index (Phi) is 4.38. The van der Waals surface area contributed by atoms with Gasteiger partial charge in [-0.05, 0) is 56.0 Å². The maximum absolute atomic E-state index is 10.4. The molecule has 2 aliphatic rings. The van der Waals surface area contributed by atoms with Gasteiger partial charge in [0, 0.05) is 6.04 Å². The van der Waals surface area contributed by atoms with E-state index in [1.54, 1.807) is 0 Å². The Morgan fingerprint density at radius 3 is 2.28 bits per heavy atom. The van der Waals surface area contributed by atoms with Gasteiger partial charge in [0.25, 0.3) is 0 Å². The van der Waals surface area contributed by atoms with Crippen LogP contribution in [0.15, 0.2) is 0 Å². The summed E-state index contributed by atoms with van der Waals surface area (Å²) in [5, 5.41) is 10.4. The van der Waals surface area contributed by atoms with Crippen LogP contribution in [0.2, 0.25) is 0 Å². The molecule has 2 nitrogen and oxygen atoms in total. The molecule has 18 heavy (non-hydrogen) atoms. The van der Waals surface area contributed by atoms with Gasteiger partial charge in [-0.25, -0.2) is 0 Å². The molecular weight excluding hydrogens is 222 g/mol. The van der Waals surface area contributed by atoms with Crippen LogP contribution in [0.5, 0.6) is 0 Å². The SMILES string of the molecule is CCC1(C)CCN(C2C(C)CC(C)CC2O)CC1. The predicted molar refractivity (Wildman–Crippen MR) is 76.6 cm³/mol. The van der Waals surface area contributed by atoms with Crippen LogP contribution in [-0.2, 0) is 0 Å². The zero-order chi connectivity index (χ0) is 13.3. The van der Waals surface area contributed by atoms with Crippen molar-refractivity contribution in [2.24, 2.45) is 17.3 Å². The molecule has 1 saturated carbocycles. The number of hydrogen-bond acceptors (Lipinski definition) is 2. The van der Waals surface area contributed by atoms with Gasteiger partial charge in [-0.15, -0.1) is 0 Å². The van der Waals surface area contributed by atoms with E-state index in [1.807, 2.05) is 0 Å². The topological polar surface area (TPSA) is 23.5 Å². The highest BCUT2D eigenvalue weighted by Crippen LogP contribution is 2.38. The van der Waals surface area contributed by atoms with Gasteiger partial charge in [0.05, 0.1) is 6.10 Å². The zero-order valence-corrected chi connectivity index (χ0v) is 12.7. The summed E-state index contributed by atoms with van der Waals surface area (Å²) in [6.45, 7) is 11.7. The molecular formula is C16H31NO. The van der Waals surface area contributed by atoms with E-state index in [0.717, 1.165) is 6.42 Å². The van der Waals surface area contributed by atoms with Gasteiger partial charge in [-0.2, -0.15) is 0 Å². The summed E-state index contributed by atoms with van der Waals surface area (Å²) in [5.74, 6) is 1.34. The van der Waals surface area contributed by atoms with Gasteiger partial charge in [-0.3, -0.25) is 4.90 Å². The predicted octanol–water partition coefficient (Wildman–Crippen LogP) is 3.29. The quantitative estimate of drug-likeness (QED) is 0.816. The van der Waals surface area contributed by atoms with Crippen LogP contribution in [0.3, 0.4) is 0 Å². The Balaban J connectivity index is 1.96. The first-order valence-corrected chi connectivity index (χ1v) is 7.87. The molecule has 0 aromatic carbocycles. The van der Waals surface area contributed by atoms with E-state index in [1.165, 1.54) is 38.8 Å². The number of aliphatic hydroxyl groups is 1. The third-order valence-corrected chi connectivity index (χ3v) is 5.68. The maximum Gasteiger partial charge on any atom is 0.0700 e. The summed E-state index contributed by atoms with van der Waals surface area (Å²) in [7, 11) is 0. The van der Waals surface area contributed by atoms with Crippen molar-refractivity contribution in [1.29, 1.82) is 0 Å². The smallest absolute Gasteiger partial charge is 0.0700 e. The van der Waals surface area contributed by atoms with Crippen molar-refractivity contribution in [2.75, 3.05) is 13.1 Å². The monoisotopic (exact) mass is 253 g/mol. The fourth-order valence-corrected chi connectivity index (χ4v) is 4.12. The first kappa shape index (κ1) is 14.3. The Hall–Kier alpha value is -0.0800. The first-order valence-electron chi connectivity index (χ1n) is 7.87. The molecule has 2 heteroatoms. The number of hydrogen-bond donors (Lipinski definition) is 1. The highest BCUT2D eigenvalue weighted by atomic mass is 16.3. The van der Waals surface area contributed by atoms with Crippen LogP contribution >= 0.6 is 0 Å². The summed E-state index contributed by atoms with van der Waals surface area (Å²) in [4.78, 5) is 2.58. The van der Waals surface area contributed by atoms with Crippen molar-refractivity contribution in [3.8, 4) is 0 Å². The first-order chi connectivity index (χ1) is 8.45. The summed E-state index contributed by atoms with van der Waals surface area (Å²) < 4.78 is 0. The van der Waals surface area contributed by atoms with E-state index < -0.39 is 0 Å². The largest absolute Gasteiger partial charge is 0.391 e. The van der Waals surface area contributed by atoms with Gasteiger partial charge >= 0.3 is 0 Å². The molecule has 0 spiro atoms. The number of rotatable bonds is 2. The lowest BCUT2D eigenvalue weighted by molar-refractivity contribution is -0.0456. The van der Waals surface area contributed by atoms with Crippen LogP contribution in [0.4, 0.5) is 0 Å². The molecule has 0 amide bonds. The molecule has 106 valence electrons. The van der Waals surface area contributed by atoms with Crippen molar-refractivity contribution in [1.82, 2.24) is 4.90 Å². The third kappa shape index (κ3) is 2.91. The van der Waals surface area contributed by atoms with E-state index in [9.17, 15) is 5.11 Å². The summed E-state index contributed by atoms with van der Waals surface area (Å²) in [5.41, 5.74) is 0.548. The Morgan fingerprint density at radius 1 is 1.17 bits per heavy atom.